The number of amides is 2. The number of hydrogen-bond acceptors (Lipinski definition) is 5. The van der Waals surface area contributed by atoms with Gasteiger partial charge in [-0.3, -0.25) is 14.5 Å². The van der Waals surface area contributed by atoms with Gasteiger partial charge in [-0.25, -0.2) is 0 Å². The second kappa shape index (κ2) is 9.49. The molecule has 1 aromatic rings. The molecule has 2 heterocycles. The van der Waals surface area contributed by atoms with Crippen molar-refractivity contribution in [3.63, 3.8) is 0 Å². The number of hydrogen-bond donors (Lipinski definition) is 1. The number of thioether (sulfide) groups is 1. The van der Waals surface area contributed by atoms with Gasteiger partial charge >= 0.3 is 0 Å². The quantitative estimate of drug-likeness (QED) is 0.794. The van der Waals surface area contributed by atoms with Gasteiger partial charge in [-0.1, -0.05) is 39.0 Å². The van der Waals surface area contributed by atoms with E-state index in [4.69, 9.17) is 4.74 Å². The molecular formula is C22H33N3O3S. The first kappa shape index (κ1) is 22.1. The fraction of sp³-hybridized carbons (Fsp3) is 0.636. The van der Waals surface area contributed by atoms with Crippen molar-refractivity contribution < 1.29 is 14.3 Å². The first-order valence-electron chi connectivity index (χ1n) is 10.4. The van der Waals surface area contributed by atoms with Gasteiger partial charge in [0.25, 0.3) is 5.91 Å². The van der Waals surface area contributed by atoms with Gasteiger partial charge in [0.1, 0.15) is 6.04 Å². The molecule has 0 aromatic heterocycles. The van der Waals surface area contributed by atoms with Crippen LogP contribution in [0.15, 0.2) is 24.3 Å². The molecule has 2 atom stereocenters. The van der Waals surface area contributed by atoms with Gasteiger partial charge in [-0.15, -0.1) is 11.8 Å². The highest BCUT2D eigenvalue weighted by Crippen LogP contribution is 2.41. The highest BCUT2D eigenvalue weighted by molar-refractivity contribution is 8.00. The lowest BCUT2D eigenvalue weighted by atomic mass is 9.94. The lowest BCUT2D eigenvalue weighted by molar-refractivity contribution is -0.125. The third-order valence-electron chi connectivity index (χ3n) is 5.48. The van der Waals surface area contributed by atoms with Crippen molar-refractivity contribution >= 4 is 23.6 Å². The number of morpholine rings is 1. The van der Waals surface area contributed by atoms with E-state index in [1.807, 2.05) is 36.1 Å². The molecule has 1 N–H and O–H groups in total. The van der Waals surface area contributed by atoms with E-state index >= 15 is 0 Å². The average Bonchev–Trinajstić information content (AvgIpc) is 3.14. The van der Waals surface area contributed by atoms with Crippen molar-refractivity contribution in [3.05, 3.63) is 35.4 Å². The molecular weight excluding hydrogens is 386 g/mol. The lowest BCUT2D eigenvalue weighted by Gasteiger charge is -2.36. The van der Waals surface area contributed by atoms with Gasteiger partial charge in [0.2, 0.25) is 5.91 Å². The highest BCUT2D eigenvalue weighted by atomic mass is 32.2. The van der Waals surface area contributed by atoms with Crippen molar-refractivity contribution in [1.82, 2.24) is 15.1 Å². The van der Waals surface area contributed by atoms with E-state index in [1.165, 1.54) is 0 Å². The zero-order valence-electron chi connectivity index (χ0n) is 17.9. The summed E-state index contributed by atoms with van der Waals surface area (Å²) in [6.07, 6.45) is 0. The molecule has 2 fully saturated rings. The van der Waals surface area contributed by atoms with Gasteiger partial charge in [-0.05, 0) is 24.0 Å². The Morgan fingerprint density at radius 3 is 2.55 bits per heavy atom. The Morgan fingerprint density at radius 2 is 1.90 bits per heavy atom. The maximum Gasteiger partial charge on any atom is 0.255 e. The fourth-order valence-electron chi connectivity index (χ4n) is 3.86. The standard InChI is InChI=1S/C22H33N3O3S/c1-16-7-5-6-8-17(16)20(27)25-18(15-29-21(25)22(2,3)4)19(26)23-9-10-24-11-13-28-14-12-24/h5-8,18,21H,9-15H2,1-4H3,(H,23,26). The Labute approximate surface area is 178 Å². The maximum atomic E-state index is 13.5. The van der Waals surface area contributed by atoms with Crippen LogP contribution in [0.5, 0.6) is 0 Å². The zero-order chi connectivity index (χ0) is 21.0. The summed E-state index contributed by atoms with van der Waals surface area (Å²) in [5.74, 6) is 0.518. The second-order valence-corrected chi connectivity index (χ2v) is 9.95. The summed E-state index contributed by atoms with van der Waals surface area (Å²) in [4.78, 5) is 30.6. The second-order valence-electron chi connectivity index (χ2n) is 8.84. The van der Waals surface area contributed by atoms with Gasteiger partial charge in [0.15, 0.2) is 0 Å². The smallest absolute Gasteiger partial charge is 0.255 e. The monoisotopic (exact) mass is 419 g/mol. The summed E-state index contributed by atoms with van der Waals surface area (Å²) in [6.45, 7) is 13.0. The fourth-order valence-corrected chi connectivity index (χ4v) is 5.44. The van der Waals surface area contributed by atoms with Crippen LogP contribution in [0.1, 0.15) is 36.7 Å². The molecule has 1 aromatic carbocycles. The largest absolute Gasteiger partial charge is 0.379 e. The van der Waals surface area contributed by atoms with Gasteiger partial charge in [0.05, 0.1) is 18.6 Å². The van der Waals surface area contributed by atoms with Crippen LogP contribution in [0.2, 0.25) is 0 Å². The molecule has 2 unspecified atom stereocenters. The molecule has 2 aliphatic heterocycles. The number of nitrogens with one attached hydrogen (secondary N) is 1. The number of carbonyl (C=O) groups is 2. The van der Waals surface area contributed by atoms with E-state index in [0.717, 1.165) is 38.4 Å². The van der Waals surface area contributed by atoms with Crippen molar-refractivity contribution in [2.45, 2.75) is 39.1 Å². The normalized spacial score (nSPS) is 23.2. The lowest BCUT2D eigenvalue weighted by Crippen LogP contribution is -2.53. The van der Waals surface area contributed by atoms with Crippen LogP contribution in [0.4, 0.5) is 0 Å². The Kier molecular flexibility index (Phi) is 7.24. The van der Waals surface area contributed by atoms with Crippen LogP contribution in [-0.4, -0.2) is 78.2 Å². The van der Waals surface area contributed by atoms with Crippen LogP contribution in [0.25, 0.3) is 0 Å². The van der Waals surface area contributed by atoms with Crippen molar-refractivity contribution in [3.8, 4) is 0 Å². The number of aryl methyl sites for hydroxylation is 1. The van der Waals surface area contributed by atoms with E-state index in [2.05, 4.69) is 31.0 Å². The molecule has 0 bridgehead atoms. The Balaban J connectivity index is 1.71. The zero-order valence-corrected chi connectivity index (χ0v) is 18.8. The van der Waals surface area contributed by atoms with Crippen LogP contribution < -0.4 is 5.32 Å². The van der Waals surface area contributed by atoms with E-state index in [9.17, 15) is 9.59 Å². The van der Waals surface area contributed by atoms with Crippen molar-refractivity contribution in [2.24, 2.45) is 5.41 Å². The Hall–Kier alpha value is -1.57. The molecule has 2 saturated heterocycles. The summed E-state index contributed by atoms with van der Waals surface area (Å²) in [5, 5.41) is 3.03. The molecule has 0 saturated carbocycles. The molecule has 0 radical (unpaired) electrons. The molecule has 2 amide bonds. The van der Waals surface area contributed by atoms with Gasteiger partial charge < -0.3 is 15.0 Å². The van der Waals surface area contributed by atoms with E-state index in [0.29, 0.717) is 17.9 Å². The topological polar surface area (TPSA) is 61.9 Å². The minimum Gasteiger partial charge on any atom is -0.379 e. The van der Waals surface area contributed by atoms with Crippen molar-refractivity contribution in [2.75, 3.05) is 45.1 Å². The van der Waals surface area contributed by atoms with Crippen LogP contribution >= 0.6 is 11.8 Å². The van der Waals surface area contributed by atoms with Crippen LogP contribution in [0.3, 0.4) is 0 Å². The number of nitrogens with zero attached hydrogens (tertiary/aromatic N) is 2. The summed E-state index contributed by atoms with van der Waals surface area (Å²) in [5.41, 5.74) is 1.50. The number of ether oxygens (including phenoxy) is 1. The molecule has 29 heavy (non-hydrogen) atoms. The van der Waals surface area contributed by atoms with Crippen LogP contribution in [0, 0.1) is 12.3 Å². The molecule has 0 spiro atoms. The van der Waals surface area contributed by atoms with Crippen LogP contribution in [-0.2, 0) is 9.53 Å². The van der Waals surface area contributed by atoms with Gasteiger partial charge in [-0.2, -0.15) is 0 Å². The molecule has 6 nitrogen and oxygen atoms in total. The predicted octanol–water partition coefficient (Wildman–Crippen LogP) is 2.37. The molecule has 0 aliphatic carbocycles. The number of rotatable bonds is 5. The SMILES string of the molecule is Cc1ccccc1C(=O)N1C(C(=O)NCCN2CCOCC2)CSC1C(C)(C)C. The van der Waals surface area contributed by atoms with E-state index in [1.54, 1.807) is 11.8 Å². The van der Waals surface area contributed by atoms with Gasteiger partial charge in [0, 0.05) is 37.5 Å². The third-order valence-corrected chi connectivity index (χ3v) is 7.24. The number of benzene rings is 1. The first-order valence-corrected chi connectivity index (χ1v) is 11.4. The molecule has 160 valence electrons. The maximum absolute atomic E-state index is 13.5. The minimum absolute atomic E-state index is 0.0374. The predicted molar refractivity (Wildman–Crippen MR) is 117 cm³/mol. The Morgan fingerprint density at radius 1 is 1.21 bits per heavy atom. The minimum atomic E-state index is -0.443. The average molecular weight is 420 g/mol. The summed E-state index contributed by atoms with van der Waals surface area (Å²) < 4.78 is 5.37. The van der Waals surface area contributed by atoms with Crippen molar-refractivity contribution in [1.29, 1.82) is 0 Å². The summed E-state index contributed by atoms with van der Waals surface area (Å²) in [7, 11) is 0. The first-order chi connectivity index (χ1) is 13.8. The summed E-state index contributed by atoms with van der Waals surface area (Å²) >= 11 is 1.70. The Bertz CT molecular complexity index is 728. The molecule has 2 aliphatic rings. The highest BCUT2D eigenvalue weighted by Gasteiger charge is 2.46. The molecule has 3 rings (SSSR count). The third kappa shape index (κ3) is 5.32. The summed E-state index contributed by atoms with van der Waals surface area (Å²) in [6, 6.07) is 7.17. The number of carbonyl (C=O) groups excluding carboxylic acids is 2. The van der Waals surface area contributed by atoms with E-state index < -0.39 is 6.04 Å². The van der Waals surface area contributed by atoms with E-state index in [-0.39, 0.29) is 22.6 Å². The molecule has 7 heteroatoms.